The number of rotatable bonds is 6. The van der Waals surface area contributed by atoms with Gasteiger partial charge in [0.15, 0.2) is 0 Å². The van der Waals surface area contributed by atoms with Crippen LogP contribution in [0.3, 0.4) is 0 Å². The fraction of sp³-hybridized carbons (Fsp3) is 0.458. The Morgan fingerprint density at radius 1 is 1.28 bits per heavy atom. The molecule has 1 unspecified atom stereocenters. The van der Waals surface area contributed by atoms with Gasteiger partial charge in [0.25, 0.3) is 5.91 Å². The van der Waals surface area contributed by atoms with Crippen molar-refractivity contribution in [2.75, 3.05) is 19.8 Å². The summed E-state index contributed by atoms with van der Waals surface area (Å²) in [7, 11) is 0. The summed E-state index contributed by atoms with van der Waals surface area (Å²) >= 11 is 0. The minimum atomic E-state index is -0.722. The van der Waals surface area contributed by atoms with Gasteiger partial charge in [-0.25, -0.2) is 4.39 Å². The molecule has 2 aromatic rings. The number of hydrogen-bond donors (Lipinski definition) is 0. The summed E-state index contributed by atoms with van der Waals surface area (Å²) in [6.45, 7) is 3.27. The summed E-state index contributed by atoms with van der Waals surface area (Å²) in [5, 5.41) is 3.88. The lowest BCUT2D eigenvalue weighted by Gasteiger charge is -2.41. The van der Waals surface area contributed by atoms with Crippen LogP contribution in [0.5, 0.6) is 0 Å². The van der Waals surface area contributed by atoms with Gasteiger partial charge < -0.3 is 14.4 Å². The molecule has 2 aliphatic rings. The van der Waals surface area contributed by atoms with Gasteiger partial charge in [0, 0.05) is 18.1 Å². The van der Waals surface area contributed by atoms with Gasteiger partial charge in [-0.1, -0.05) is 48.4 Å². The summed E-state index contributed by atoms with van der Waals surface area (Å²) in [6, 6.07) is 13.5. The Morgan fingerprint density at radius 3 is 2.81 bits per heavy atom. The molecular formula is C24H27FN4O3. The number of amides is 1. The molecule has 168 valence electrons. The lowest BCUT2D eigenvalue weighted by Crippen LogP contribution is -2.51. The largest absolute Gasteiger partial charge is 0.375 e. The molecule has 7 nitrogen and oxygen atoms in total. The van der Waals surface area contributed by atoms with Crippen LogP contribution >= 0.6 is 0 Å². The number of nitrogens with zero attached hydrogens (tertiary/aromatic N) is 4. The molecule has 1 amide bonds. The van der Waals surface area contributed by atoms with E-state index in [1.54, 1.807) is 17.0 Å². The maximum atomic E-state index is 13.6. The molecule has 0 saturated carbocycles. The van der Waals surface area contributed by atoms with Gasteiger partial charge in [0.2, 0.25) is 0 Å². The zero-order chi connectivity index (χ0) is 22.5. The fourth-order valence-corrected chi connectivity index (χ4v) is 4.54. The summed E-state index contributed by atoms with van der Waals surface area (Å²) in [6.07, 6.45) is 0.763. The van der Waals surface area contributed by atoms with Crippen molar-refractivity contribution in [3.05, 3.63) is 81.5 Å². The van der Waals surface area contributed by atoms with Crippen LogP contribution < -0.4 is 0 Å². The first kappa shape index (κ1) is 22.3. The second kappa shape index (κ2) is 10.1. The average Bonchev–Trinajstić information content (AvgIpc) is 2.83. The van der Waals surface area contributed by atoms with Crippen molar-refractivity contribution in [3.8, 4) is 0 Å². The molecule has 4 rings (SSSR count). The normalized spacial score (nSPS) is 25.0. The summed E-state index contributed by atoms with van der Waals surface area (Å²) < 4.78 is 25.3. The molecule has 4 atom stereocenters. The van der Waals surface area contributed by atoms with Crippen molar-refractivity contribution in [2.45, 2.75) is 50.5 Å². The van der Waals surface area contributed by atoms with Gasteiger partial charge >= 0.3 is 0 Å². The Hall–Kier alpha value is -2.93. The third-order valence-corrected chi connectivity index (χ3v) is 6.11. The molecule has 8 heteroatoms. The molecule has 2 aromatic carbocycles. The monoisotopic (exact) mass is 438 g/mol. The molecule has 0 N–H and O–H groups in total. The molecule has 0 aliphatic carbocycles. The van der Waals surface area contributed by atoms with Gasteiger partial charge in [-0.3, -0.25) is 4.79 Å². The van der Waals surface area contributed by atoms with Gasteiger partial charge in [0.1, 0.15) is 11.9 Å². The van der Waals surface area contributed by atoms with Crippen molar-refractivity contribution in [1.29, 1.82) is 0 Å². The maximum absolute atomic E-state index is 13.6. The van der Waals surface area contributed by atoms with Gasteiger partial charge in [-0.05, 0) is 53.6 Å². The van der Waals surface area contributed by atoms with E-state index >= 15 is 0 Å². The minimum absolute atomic E-state index is 0.152. The van der Waals surface area contributed by atoms with E-state index in [1.165, 1.54) is 17.7 Å². The van der Waals surface area contributed by atoms with E-state index in [4.69, 9.17) is 15.0 Å². The van der Waals surface area contributed by atoms with Crippen LogP contribution in [0.15, 0.2) is 53.6 Å². The Labute approximate surface area is 186 Å². The number of benzene rings is 2. The molecule has 1 fully saturated rings. The quantitative estimate of drug-likeness (QED) is 0.376. The third-order valence-electron chi connectivity index (χ3n) is 6.11. The van der Waals surface area contributed by atoms with E-state index < -0.39 is 12.1 Å². The van der Waals surface area contributed by atoms with E-state index in [9.17, 15) is 9.18 Å². The van der Waals surface area contributed by atoms with Gasteiger partial charge in [-0.2, -0.15) is 0 Å². The van der Waals surface area contributed by atoms with Crippen LogP contribution in [-0.4, -0.2) is 48.8 Å². The Balaban J connectivity index is 1.60. The van der Waals surface area contributed by atoms with Gasteiger partial charge in [0.05, 0.1) is 24.8 Å². The van der Waals surface area contributed by atoms with E-state index in [1.807, 2.05) is 25.1 Å². The van der Waals surface area contributed by atoms with Crippen LogP contribution in [0.25, 0.3) is 10.4 Å². The number of ether oxygens (including phenoxy) is 2. The number of azide groups is 1. The average molecular weight is 439 g/mol. The predicted octanol–water partition coefficient (Wildman–Crippen LogP) is 4.56. The molecule has 0 radical (unpaired) electrons. The molecule has 2 heterocycles. The Morgan fingerprint density at radius 2 is 2.06 bits per heavy atom. The first-order chi connectivity index (χ1) is 15.6. The first-order valence-corrected chi connectivity index (χ1v) is 11.0. The van der Waals surface area contributed by atoms with Crippen molar-refractivity contribution in [3.63, 3.8) is 0 Å². The molecule has 0 spiro atoms. The molecule has 0 bridgehead atoms. The van der Waals surface area contributed by atoms with Crippen LogP contribution in [0.1, 0.15) is 42.5 Å². The minimum Gasteiger partial charge on any atom is -0.375 e. The maximum Gasteiger partial charge on any atom is 0.252 e. The van der Waals surface area contributed by atoms with Crippen molar-refractivity contribution in [2.24, 2.45) is 5.11 Å². The molecule has 32 heavy (non-hydrogen) atoms. The van der Waals surface area contributed by atoms with E-state index in [2.05, 4.69) is 16.1 Å². The highest BCUT2D eigenvalue weighted by Gasteiger charge is 2.40. The second-order valence-corrected chi connectivity index (χ2v) is 8.17. The molecular weight excluding hydrogens is 411 g/mol. The van der Waals surface area contributed by atoms with Gasteiger partial charge in [-0.15, -0.1) is 0 Å². The van der Waals surface area contributed by atoms with Crippen molar-refractivity contribution < 1.29 is 18.7 Å². The fourth-order valence-electron chi connectivity index (χ4n) is 4.54. The summed E-state index contributed by atoms with van der Waals surface area (Å²) in [5.74, 6) is -0.470. The molecule has 1 saturated heterocycles. The predicted molar refractivity (Wildman–Crippen MR) is 117 cm³/mol. The number of fused-ring (bicyclic) bond motifs is 1. The van der Waals surface area contributed by atoms with Crippen LogP contribution in [-0.2, 0) is 20.7 Å². The topological polar surface area (TPSA) is 87.5 Å². The number of carbonyl (C=O) groups is 1. The summed E-state index contributed by atoms with van der Waals surface area (Å²) in [4.78, 5) is 18.4. The lowest BCUT2D eigenvalue weighted by atomic mass is 9.87. The molecule has 2 aliphatic heterocycles. The van der Waals surface area contributed by atoms with E-state index in [-0.39, 0.29) is 36.9 Å². The van der Waals surface area contributed by atoms with E-state index in [0.29, 0.717) is 13.2 Å². The lowest BCUT2D eigenvalue weighted by molar-refractivity contribution is -0.157. The number of hydrogen-bond acceptors (Lipinski definition) is 4. The van der Waals surface area contributed by atoms with Crippen LogP contribution in [0.4, 0.5) is 4.39 Å². The standard InChI is InChI=1S/C24H27FN4O3/c1-2-13-31-22-15-32-21(14-20(22)27-28-26)24(30)29-12-11-16-5-3-4-6-19(16)23(29)17-7-9-18(25)10-8-17/h3-10,20-23H,2,11-15H2,1H3/t20?,21-,22+,23+/m1/s1. The SMILES string of the molecule is CCCO[C@H]1CO[C@@H](C(=O)N2CCc3ccccc3[C@@H]2c2ccc(F)cc2)CC1N=[N+]=[N-]. The van der Waals surface area contributed by atoms with Crippen molar-refractivity contribution in [1.82, 2.24) is 4.90 Å². The highest BCUT2D eigenvalue weighted by atomic mass is 19.1. The second-order valence-electron chi connectivity index (χ2n) is 8.17. The van der Waals surface area contributed by atoms with E-state index in [0.717, 1.165) is 24.0 Å². The molecule has 0 aromatic heterocycles. The summed E-state index contributed by atoms with van der Waals surface area (Å²) in [5.41, 5.74) is 12.0. The highest BCUT2D eigenvalue weighted by molar-refractivity contribution is 5.82. The zero-order valence-electron chi connectivity index (χ0n) is 18.1. The van der Waals surface area contributed by atoms with Crippen molar-refractivity contribution >= 4 is 5.91 Å². The Kier molecular flexibility index (Phi) is 7.05. The highest BCUT2D eigenvalue weighted by Crippen LogP contribution is 2.36. The number of halogens is 1. The Bertz CT molecular complexity index is 993. The first-order valence-electron chi connectivity index (χ1n) is 11.0. The zero-order valence-corrected chi connectivity index (χ0v) is 18.1. The number of carbonyl (C=O) groups excluding carboxylic acids is 1. The van der Waals surface area contributed by atoms with Crippen LogP contribution in [0.2, 0.25) is 0 Å². The third kappa shape index (κ3) is 4.63. The van der Waals surface area contributed by atoms with Crippen LogP contribution in [0, 0.1) is 5.82 Å². The smallest absolute Gasteiger partial charge is 0.252 e.